The number of amides is 2. The van der Waals surface area contributed by atoms with Gasteiger partial charge in [-0.1, -0.05) is 0 Å². The molecule has 3 heterocycles. The smallest absolute Gasteiger partial charge is 0.287 e. The Bertz CT molecular complexity index is 709. The number of carbonyl (C=O) groups excluding carboxylic acids is 2. The number of hydrogen-bond donors (Lipinski definition) is 2. The van der Waals surface area contributed by atoms with E-state index in [0.29, 0.717) is 18.9 Å². The van der Waals surface area contributed by atoms with Gasteiger partial charge in [-0.3, -0.25) is 9.59 Å². The first-order valence-electron chi connectivity index (χ1n) is 8.07. The average Bonchev–Trinajstić information content (AvgIpc) is 3.18. The number of nitrogens with zero attached hydrogens (tertiary/aromatic N) is 2. The molecule has 1 aliphatic rings. The Hall–Kier alpha value is -2.87. The van der Waals surface area contributed by atoms with E-state index in [1.54, 1.807) is 25.3 Å². The second kappa shape index (κ2) is 7.80. The van der Waals surface area contributed by atoms with Gasteiger partial charge < -0.3 is 24.7 Å². The summed E-state index contributed by atoms with van der Waals surface area (Å²) in [5, 5.41) is 5.31. The number of morpholine rings is 1. The predicted molar refractivity (Wildman–Crippen MR) is 91.5 cm³/mol. The Morgan fingerprint density at radius 2 is 2.04 bits per heavy atom. The molecule has 2 aromatic rings. The third-order valence-corrected chi connectivity index (χ3v) is 3.84. The third kappa shape index (κ3) is 4.36. The Labute approximate surface area is 145 Å². The molecule has 2 aromatic heterocycles. The van der Waals surface area contributed by atoms with Gasteiger partial charge in [0.25, 0.3) is 5.91 Å². The Balaban J connectivity index is 1.54. The summed E-state index contributed by atoms with van der Waals surface area (Å²) >= 11 is 0. The maximum Gasteiger partial charge on any atom is 0.287 e. The molecular weight excluding hydrogens is 324 g/mol. The van der Waals surface area contributed by atoms with Gasteiger partial charge in [-0.2, -0.15) is 0 Å². The highest BCUT2D eigenvalue weighted by molar-refractivity contribution is 5.99. The summed E-state index contributed by atoms with van der Waals surface area (Å²) in [7, 11) is 0. The van der Waals surface area contributed by atoms with Crippen molar-refractivity contribution in [2.45, 2.75) is 13.0 Å². The molecule has 0 aliphatic carbocycles. The van der Waals surface area contributed by atoms with Crippen LogP contribution in [0.1, 0.15) is 17.5 Å². The highest BCUT2D eigenvalue weighted by Crippen LogP contribution is 2.15. The van der Waals surface area contributed by atoms with Crippen LogP contribution in [0.5, 0.6) is 0 Å². The molecule has 3 rings (SSSR count). The molecule has 2 N–H and O–H groups in total. The van der Waals surface area contributed by atoms with Crippen LogP contribution in [0.2, 0.25) is 0 Å². The molecule has 1 saturated heterocycles. The number of pyridine rings is 1. The van der Waals surface area contributed by atoms with Crippen molar-refractivity contribution in [3.05, 3.63) is 42.5 Å². The van der Waals surface area contributed by atoms with E-state index in [0.717, 1.165) is 18.9 Å². The highest BCUT2D eigenvalue weighted by atomic mass is 16.5. The molecule has 8 nitrogen and oxygen atoms in total. The number of carbonyl (C=O) groups is 2. The molecule has 1 fully saturated rings. The second-order valence-corrected chi connectivity index (χ2v) is 5.67. The van der Waals surface area contributed by atoms with Gasteiger partial charge >= 0.3 is 0 Å². The zero-order valence-corrected chi connectivity index (χ0v) is 13.9. The third-order valence-electron chi connectivity index (χ3n) is 3.84. The molecule has 0 radical (unpaired) electrons. The molecule has 0 unspecified atom stereocenters. The summed E-state index contributed by atoms with van der Waals surface area (Å²) in [5.74, 6) is 0.242. The van der Waals surface area contributed by atoms with Crippen molar-refractivity contribution >= 4 is 23.3 Å². The van der Waals surface area contributed by atoms with E-state index in [9.17, 15) is 9.59 Å². The van der Waals surface area contributed by atoms with E-state index in [-0.39, 0.29) is 11.7 Å². The Morgan fingerprint density at radius 1 is 1.24 bits per heavy atom. The van der Waals surface area contributed by atoms with Gasteiger partial charge in [0, 0.05) is 13.1 Å². The molecule has 132 valence electrons. The summed E-state index contributed by atoms with van der Waals surface area (Å²) < 4.78 is 10.3. The van der Waals surface area contributed by atoms with Crippen molar-refractivity contribution in [2.24, 2.45) is 0 Å². The molecule has 2 amide bonds. The van der Waals surface area contributed by atoms with Crippen LogP contribution >= 0.6 is 0 Å². The molecule has 0 saturated carbocycles. The number of ether oxygens (including phenoxy) is 1. The summed E-state index contributed by atoms with van der Waals surface area (Å²) in [4.78, 5) is 30.6. The lowest BCUT2D eigenvalue weighted by Crippen LogP contribution is -2.41. The monoisotopic (exact) mass is 344 g/mol. The van der Waals surface area contributed by atoms with E-state index in [2.05, 4.69) is 20.5 Å². The number of nitrogens with one attached hydrogen (secondary N) is 2. The van der Waals surface area contributed by atoms with E-state index < -0.39 is 11.9 Å². The van der Waals surface area contributed by atoms with Crippen LogP contribution < -0.4 is 15.5 Å². The first-order valence-corrected chi connectivity index (χ1v) is 8.07. The molecule has 1 aliphatic heterocycles. The molecule has 0 bridgehead atoms. The van der Waals surface area contributed by atoms with Gasteiger partial charge in [-0.15, -0.1) is 0 Å². The quantitative estimate of drug-likeness (QED) is 0.848. The number of hydrogen-bond acceptors (Lipinski definition) is 6. The van der Waals surface area contributed by atoms with E-state index in [4.69, 9.17) is 9.15 Å². The molecule has 8 heteroatoms. The van der Waals surface area contributed by atoms with Crippen LogP contribution in [-0.2, 0) is 9.53 Å². The molecule has 0 aromatic carbocycles. The number of furan rings is 1. The lowest BCUT2D eigenvalue weighted by molar-refractivity contribution is -0.117. The standard InChI is InChI=1S/C17H20N4O4/c1-12(19-17(23)14-3-2-8-25-14)16(22)20-13-4-5-15(18-11-13)21-6-9-24-10-7-21/h2-5,8,11-12H,6-7,9-10H2,1H3,(H,19,23)(H,20,22)/t12-/m1/s1. The average molecular weight is 344 g/mol. The number of rotatable bonds is 5. The molecule has 1 atom stereocenters. The van der Waals surface area contributed by atoms with Crippen LogP contribution in [0, 0.1) is 0 Å². The normalized spacial score (nSPS) is 15.5. The van der Waals surface area contributed by atoms with Gasteiger partial charge in [0.2, 0.25) is 5.91 Å². The topological polar surface area (TPSA) is 96.7 Å². The van der Waals surface area contributed by atoms with Gasteiger partial charge in [0.1, 0.15) is 11.9 Å². The van der Waals surface area contributed by atoms with Crippen LogP contribution in [0.15, 0.2) is 41.1 Å². The molecule has 25 heavy (non-hydrogen) atoms. The van der Waals surface area contributed by atoms with Gasteiger partial charge in [0.15, 0.2) is 5.76 Å². The largest absolute Gasteiger partial charge is 0.459 e. The summed E-state index contributed by atoms with van der Waals surface area (Å²) in [6, 6.07) is 6.08. The van der Waals surface area contributed by atoms with E-state index in [1.807, 2.05) is 6.07 Å². The zero-order valence-electron chi connectivity index (χ0n) is 13.9. The highest BCUT2D eigenvalue weighted by Gasteiger charge is 2.18. The minimum atomic E-state index is -0.712. The summed E-state index contributed by atoms with van der Waals surface area (Å²) in [5.41, 5.74) is 0.570. The summed E-state index contributed by atoms with van der Waals surface area (Å²) in [6.07, 6.45) is 3.01. The van der Waals surface area contributed by atoms with E-state index in [1.165, 1.54) is 12.3 Å². The molecule has 0 spiro atoms. The van der Waals surface area contributed by atoms with Gasteiger partial charge in [-0.05, 0) is 31.2 Å². The fraction of sp³-hybridized carbons (Fsp3) is 0.353. The fourth-order valence-corrected chi connectivity index (χ4v) is 2.43. The Kier molecular flexibility index (Phi) is 5.30. The number of aromatic nitrogens is 1. The van der Waals surface area contributed by atoms with Crippen molar-refractivity contribution in [3.63, 3.8) is 0 Å². The Morgan fingerprint density at radius 3 is 2.68 bits per heavy atom. The van der Waals surface area contributed by atoms with E-state index >= 15 is 0 Å². The SMILES string of the molecule is C[C@@H](NC(=O)c1ccco1)C(=O)Nc1ccc(N2CCOCC2)nc1. The van der Waals surface area contributed by atoms with Crippen LogP contribution in [0.25, 0.3) is 0 Å². The van der Waals surface area contributed by atoms with Crippen LogP contribution in [-0.4, -0.2) is 49.1 Å². The van der Waals surface area contributed by atoms with Crippen molar-refractivity contribution in [1.82, 2.24) is 10.3 Å². The van der Waals surface area contributed by atoms with Crippen molar-refractivity contribution in [3.8, 4) is 0 Å². The lowest BCUT2D eigenvalue weighted by Gasteiger charge is -2.27. The molecular formula is C17H20N4O4. The minimum absolute atomic E-state index is 0.163. The summed E-state index contributed by atoms with van der Waals surface area (Å²) in [6.45, 7) is 4.58. The minimum Gasteiger partial charge on any atom is -0.459 e. The lowest BCUT2D eigenvalue weighted by atomic mass is 10.2. The predicted octanol–water partition coefficient (Wildman–Crippen LogP) is 1.27. The van der Waals surface area contributed by atoms with Gasteiger partial charge in [-0.25, -0.2) is 4.98 Å². The first-order chi connectivity index (χ1) is 12.1. The maximum absolute atomic E-state index is 12.2. The number of anilines is 2. The van der Waals surface area contributed by atoms with Gasteiger partial charge in [0.05, 0.1) is 31.4 Å². The zero-order chi connectivity index (χ0) is 17.6. The first kappa shape index (κ1) is 17.0. The second-order valence-electron chi connectivity index (χ2n) is 5.67. The van der Waals surface area contributed by atoms with Crippen molar-refractivity contribution in [2.75, 3.05) is 36.5 Å². The van der Waals surface area contributed by atoms with Crippen molar-refractivity contribution < 1.29 is 18.7 Å². The fourth-order valence-electron chi connectivity index (χ4n) is 2.43. The maximum atomic E-state index is 12.2. The van der Waals surface area contributed by atoms with Crippen LogP contribution in [0.3, 0.4) is 0 Å². The van der Waals surface area contributed by atoms with Crippen LogP contribution in [0.4, 0.5) is 11.5 Å². The van der Waals surface area contributed by atoms with Crippen molar-refractivity contribution in [1.29, 1.82) is 0 Å².